The van der Waals surface area contributed by atoms with E-state index in [0.717, 1.165) is 5.56 Å². The molecular weight excluding hydrogens is 338 g/mol. The summed E-state index contributed by atoms with van der Waals surface area (Å²) in [4.78, 5) is 36.1. The second-order valence-corrected chi connectivity index (χ2v) is 7.00. The quantitative estimate of drug-likeness (QED) is 0.577. The van der Waals surface area contributed by atoms with Crippen LogP contribution in [0.15, 0.2) is 30.3 Å². The molecule has 0 aromatic heterocycles. The predicted molar refractivity (Wildman–Crippen MR) is 90.6 cm³/mol. The molecule has 0 spiro atoms. The Balaban J connectivity index is 1.93. The average molecular weight is 363 g/mol. The number of rotatable bonds is 6. The number of carbonyl (C=O) groups excluding carboxylic acids is 3. The molecule has 1 aliphatic rings. The molecule has 2 rings (SSSR count). The molecule has 2 amide bonds. The van der Waals surface area contributed by atoms with Crippen molar-refractivity contribution in [3.63, 3.8) is 0 Å². The number of carboxylic acids is 1. The smallest absolute Gasteiger partial charge is 0.408 e. The van der Waals surface area contributed by atoms with Crippen LogP contribution in [0.1, 0.15) is 32.3 Å². The molecule has 0 bridgehead atoms. The molecule has 1 heterocycles. The van der Waals surface area contributed by atoms with Crippen LogP contribution >= 0.6 is 0 Å². The second kappa shape index (κ2) is 8.18. The molecule has 142 valence electrons. The third-order valence-corrected chi connectivity index (χ3v) is 4.49. The molecule has 8 heteroatoms. The molecule has 0 saturated carbocycles. The van der Waals surface area contributed by atoms with Crippen molar-refractivity contribution in [2.24, 2.45) is 0 Å². The summed E-state index contributed by atoms with van der Waals surface area (Å²) in [5.74, 6) is -1.90. The van der Waals surface area contributed by atoms with Crippen molar-refractivity contribution < 1.29 is 29.5 Å². The number of nitrogens with two attached hydrogens (primary N) is 1. The van der Waals surface area contributed by atoms with Crippen molar-refractivity contribution in [2.75, 3.05) is 13.1 Å². The third kappa shape index (κ3) is 4.95. The van der Waals surface area contributed by atoms with E-state index >= 15 is 0 Å². The van der Waals surface area contributed by atoms with Gasteiger partial charge < -0.3 is 30.6 Å². The summed E-state index contributed by atoms with van der Waals surface area (Å²) >= 11 is 0. The van der Waals surface area contributed by atoms with Gasteiger partial charge in [-0.3, -0.25) is 4.79 Å². The number of alkyl carbamates (subject to hydrolysis) is 1. The van der Waals surface area contributed by atoms with E-state index in [2.05, 4.69) is 10.6 Å². The zero-order valence-electron chi connectivity index (χ0n) is 15.0. The van der Waals surface area contributed by atoms with Crippen LogP contribution in [0, 0.1) is 0 Å². The average Bonchev–Trinajstić information content (AvgIpc) is 2.61. The number of hydrogen-bond donors (Lipinski definition) is 3. The number of carboxylic acid groups (broad SMARTS) is 1. The second-order valence-electron chi connectivity index (χ2n) is 7.00. The lowest BCUT2D eigenvalue weighted by atomic mass is 9.87. The van der Waals surface area contributed by atoms with Gasteiger partial charge in [0.2, 0.25) is 5.91 Å². The van der Waals surface area contributed by atoms with E-state index in [9.17, 15) is 19.5 Å². The Labute approximate surface area is 152 Å². The van der Waals surface area contributed by atoms with Gasteiger partial charge in [-0.1, -0.05) is 30.3 Å². The lowest BCUT2D eigenvalue weighted by molar-refractivity contribution is -0.665. The Kier molecular flexibility index (Phi) is 6.20. The minimum absolute atomic E-state index is 0.0726. The molecule has 0 unspecified atom stereocenters. The monoisotopic (exact) mass is 363 g/mol. The highest BCUT2D eigenvalue weighted by Gasteiger charge is 2.41. The summed E-state index contributed by atoms with van der Waals surface area (Å²) in [7, 11) is 0. The molecule has 1 fully saturated rings. The first-order chi connectivity index (χ1) is 12.3. The molecule has 26 heavy (non-hydrogen) atoms. The van der Waals surface area contributed by atoms with Gasteiger partial charge in [0, 0.05) is 12.8 Å². The number of carbonyl (C=O) groups is 3. The topological polar surface area (TPSA) is 124 Å². The molecule has 4 N–H and O–H groups in total. The van der Waals surface area contributed by atoms with Gasteiger partial charge in [-0.2, -0.15) is 0 Å². The van der Waals surface area contributed by atoms with Crippen molar-refractivity contribution in [1.29, 1.82) is 0 Å². The Bertz CT molecular complexity index is 654. The molecule has 1 aromatic carbocycles. The van der Waals surface area contributed by atoms with Crippen LogP contribution in [-0.2, 0) is 20.9 Å². The first-order valence-electron chi connectivity index (χ1n) is 8.60. The van der Waals surface area contributed by atoms with Gasteiger partial charge in [0.1, 0.15) is 12.1 Å². The fourth-order valence-electron chi connectivity index (χ4n) is 2.79. The van der Waals surface area contributed by atoms with E-state index in [0.29, 0.717) is 13.1 Å². The van der Waals surface area contributed by atoms with Gasteiger partial charge in [0.25, 0.3) is 0 Å². The number of piperidine rings is 1. The minimum Gasteiger partial charge on any atom is -0.548 e. The van der Waals surface area contributed by atoms with Crippen LogP contribution in [0.5, 0.6) is 0 Å². The predicted octanol–water partition coefficient (Wildman–Crippen LogP) is -1.35. The van der Waals surface area contributed by atoms with Gasteiger partial charge in [0.15, 0.2) is 0 Å². The minimum atomic E-state index is -1.40. The molecule has 0 aliphatic carbocycles. The number of aliphatic carboxylic acids is 1. The van der Waals surface area contributed by atoms with Crippen LogP contribution < -0.4 is 21.1 Å². The van der Waals surface area contributed by atoms with Crippen LogP contribution in [0.4, 0.5) is 4.79 Å². The number of hydrogen-bond acceptors (Lipinski definition) is 5. The number of amides is 2. The lowest BCUT2D eigenvalue weighted by Crippen LogP contribution is -2.90. The van der Waals surface area contributed by atoms with E-state index in [4.69, 9.17) is 4.74 Å². The van der Waals surface area contributed by atoms with Crippen LogP contribution in [0.25, 0.3) is 0 Å². The molecule has 0 atom stereocenters. The highest BCUT2D eigenvalue weighted by Crippen LogP contribution is 2.17. The largest absolute Gasteiger partial charge is 0.548 e. The van der Waals surface area contributed by atoms with Crippen molar-refractivity contribution in [3.05, 3.63) is 35.9 Å². The van der Waals surface area contributed by atoms with Crippen LogP contribution in [-0.4, -0.2) is 42.1 Å². The van der Waals surface area contributed by atoms with Gasteiger partial charge in [-0.15, -0.1) is 0 Å². The zero-order chi connectivity index (χ0) is 19.2. The first kappa shape index (κ1) is 19.7. The summed E-state index contributed by atoms with van der Waals surface area (Å²) in [6, 6.07) is 9.14. The van der Waals surface area contributed by atoms with Crippen molar-refractivity contribution in [1.82, 2.24) is 10.6 Å². The Hall–Kier alpha value is -2.61. The number of nitrogens with one attached hydrogen (secondary N) is 2. The fourth-order valence-corrected chi connectivity index (χ4v) is 2.79. The van der Waals surface area contributed by atoms with Crippen molar-refractivity contribution in [2.45, 2.75) is 44.4 Å². The Morgan fingerprint density at radius 2 is 1.81 bits per heavy atom. The zero-order valence-corrected chi connectivity index (χ0v) is 15.0. The summed E-state index contributed by atoms with van der Waals surface area (Å²) in [6.45, 7) is 4.22. The summed E-state index contributed by atoms with van der Waals surface area (Å²) in [6.07, 6.45) is -0.209. The van der Waals surface area contributed by atoms with Gasteiger partial charge in [-0.05, 0) is 19.4 Å². The van der Waals surface area contributed by atoms with Crippen LogP contribution in [0.3, 0.4) is 0 Å². The summed E-state index contributed by atoms with van der Waals surface area (Å²) in [5.41, 5.74) is -1.92. The highest BCUT2D eigenvalue weighted by atomic mass is 16.5. The third-order valence-electron chi connectivity index (χ3n) is 4.49. The SMILES string of the molecule is CC(C)(NC(=O)OCc1ccccc1)C(=O)NC1(C(=O)[O-])CC[NH2+]CC1. The first-order valence-corrected chi connectivity index (χ1v) is 8.60. The van der Waals surface area contributed by atoms with E-state index in [1.54, 1.807) is 0 Å². The number of benzene rings is 1. The number of quaternary nitrogens is 1. The molecule has 1 aromatic rings. The normalized spacial score (nSPS) is 16.4. The Morgan fingerprint density at radius 3 is 2.38 bits per heavy atom. The van der Waals surface area contributed by atoms with E-state index < -0.39 is 29.0 Å². The van der Waals surface area contributed by atoms with Crippen molar-refractivity contribution >= 4 is 18.0 Å². The molecular formula is C18H25N3O5. The molecule has 1 saturated heterocycles. The Morgan fingerprint density at radius 1 is 1.19 bits per heavy atom. The molecule has 1 aliphatic heterocycles. The maximum absolute atomic E-state index is 12.6. The van der Waals surface area contributed by atoms with Gasteiger partial charge >= 0.3 is 6.09 Å². The maximum Gasteiger partial charge on any atom is 0.408 e. The van der Waals surface area contributed by atoms with Gasteiger partial charge in [-0.25, -0.2) is 4.79 Å². The lowest BCUT2D eigenvalue weighted by Gasteiger charge is -2.39. The summed E-state index contributed by atoms with van der Waals surface area (Å²) < 4.78 is 5.11. The summed E-state index contributed by atoms with van der Waals surface area (Å²) in [5, 5.41) is 18.6. The highest BCUT2D eigenvalue weighted by molar-refractivity contribution is 5.93. The van der Waals surface area contributed by atoms with Gasteiger partial charge in [0.05, 0.1) is 24.6 Å². The van der Waals surface area contributed by atoms with E-state index in [1.165, 1.54) is 13.8 Å². The number of ether oxygens (including phenoxy) is 1. The fraction of sp³-hybridized carbons (Fsp3) is 0.500. The van der Waals surface area contributed by atoms with E-state index in [-0.39, 0.29) is 19.4 Å². The standard InChI is InChI=1S/C18H25N3O5/c1-17(2,21-16(25)26-12-13-6-4-3-5-7-13)14(22)20-18(15(23)24)8-10-19-11-9-18/h3-7,19H,8-12H2,1-2H3,(H,20,22)(H,21,25)(H,23,24). The maximum atomic E-state index is 12.6. The van der Waals surface area contributed by atoms with Crippen LogP contribution in [0.2, 0.25) is 0 Å². The molecule has 8 nitrogen and oxygen atoms in total. The van der Waals surface area contributed by atoms with Crippen molar-refractivity contribution in [3.8, 4) is 0 Å². The van der Waals surface area contributed by atoms with E-state index in [1.807, 2.05) is 35.6 Å². The molecule has 0 radical (unpaired) electrons.